The summed E-state index contributed by atoms with van der Waals surface area (Å²) in [6.45, 7) is 7.30. The fraction of sp³-hybridized carbons (Fsp3) is 0.346. The van der Waals surface area contributed by atoms with Gasteiger partial charge in [-0.15, -0.1) is 0 Å². The summed E-state index contributed by atoms with van der Waals surface area (Å²) in [6, 6.07) is 14.1. The summed E-state index contributed by atoms with van der Waals surface area (Å²) in [5.74, 6) is 1.42. The number of benzene rings is 2. The van der Waals surface area contributed by atoms with E-state index in [2.05, 4.69) is 20.5 Å². The molecule has 2 aromatic carbocycles. The standard InChI is InChI=1S/C26H30N4O4S/c1-4-33-21-13-11-20(12-14-21)29-25(32)28-19-9-7-18(8-10-19)23-22(24(31)34-5-2)17(3)27-26-30(23)15-6-16-35-26/h7-14,23H,4-6,15-16H2,1-3H3,(H2,28,29,32). The molecule has 0 spiro atoms. The number of carbonyl (C=O) groups is 2. The topological polar surface area (TPSA) is 92.3 Å². The quantitative estimate of drug-likeness (QED) is 0.500. The molecule has 0 aromatic heterocycles. The highest BCUT2D eigenvalue weighted by molar-refractivity contribution is 8.13. The van der Waals surface area contributed by atoms with Crippen LogP contribution in [0.1, 0.15) is 38.8 Å². The zero-order valence-corrected chi connectivity index (χ0v) is 21.0. The molecule has 2 heterocycles. The van der Waals surface area contributed by atoms with Gasteiger partial charge in [-0.05, 0) is 69.2 Å². The van der Waals surface area contributed by atoms with E-state index in [0.717, 1.165) is 35.2 Å². The monoisotopic (exact) mass is 494 g/mol. The zero-order valence-electron chi connectivity index (χ0n) is 20.2. The summed E-state index contributed by atoms with van der Waals surface area (Å²) in [5.41, 5.74) is 3.50. The van der Waals surface area contributed by atoms with E-state index in [0.29, 0.717) is 35.9 Å². The molecule has 2 aliphatic rings. The molecule has 0 aliphatic carbocycles. The molecule has 184 valence electrons. The third kappa shape index (κ3) is 5.79. The minimum absolute atomic E-state index is 0.277. The number of nitrogens with one attached hydrogen (secondary N) is 2. The van der Waals surface area contributed by atoms with Crippen LogP contribution in [-0.4, -0.2) is 47.6 Å². The smallest absolute Gasteiger partial charge is 0.338 e. The van der Waals surface area contributed by atoms with Gasteiger partial charge in [0, 0.05) is 23.7 Å². The van der Waals surface area contributed by atoms with Crippen LogP contribution in [0.15, 0.2) is 64.8 Å². The molecule has 2 aromatic rings. The fourth-order valence-electron chi connectivity index (χ4n) is 4.13. The molecule has 1 unspecified atom stereocenters. The fourth-order valence-corrected chi connectivity index (χ4v) is 5.15. The third-order valence-electron chi connectivity index (χ3n) is 5.66. The van der Waals surface area contributed by atoms with Crippen LogP contribution in [-0.2, 0) is 9.53 Å². The molecule has 35 heavy (non-hydrogen) atoms. The number of ether oxygens (including phenoxy) is 2. The number of aliphatic imine (C=N–C) groups is 1. The lowest BCUT2D eigenvalue weighted by molar-refractivity contribution is -0.139. The van der Waals surface area contributed by atoms with E-state index >= 15 is 0 Å². The normalized spacial score (nSPS) is 17.3. The number of thioether (sulfide) groups is 1. The Balaban J connectivity index is 1.49. The van der Waals surface area contributed by atoms with Crippen LogP contribution in [0.2, 0.25) is 0 Å². The van der Waals surface area contributed by atoms with E-state index in [1.54, 1.807) is 30.8 Å². The highest BCUT2D eigenvalue weighted by Crippen LogP contribution is 2.40. The molecule has 1 saturated heterocycles. The van der Waals surface area contributed by atoms with Crippen LogP contribution < -0.4 is 15.4 Å². The van der Waals surface area contributed by atoms with Gasteiger partial charge in [0.2, 0.25) is 0 Å². The molecular formula is C26H30N4O4S. The molecular weight excluding hydrogens is 464 g/mol. The van der Waals surface area contributed by atoms with Gasteiger partial charge in [-0.1, -0.05) is 23.9 Å². The molecule has 1 fully saturated rings. The highest BCUT2D eigenvalue weighted by atomic mass is 32.2. The largest absolute Gasteiger partial charge is 0.494 e. The van der Waals surface area contributed by atoms with Crippen LogP contribution in [0.3, 0.4) is 0 Å². The van der Waals surface area contributed by atoms with E-state index < -0.39 is 0 Å². The van der Waals surface area contributed by atoms with Crippen molar-refractivity contribution in [2.45, 2.75) is 33.2 Å². The van der Waals surface area contributed by atoms with E-state index in [9.17, 15) is 9.59 Å². The highest BCUT2D eigenvalue weighted by Gasteiger charge is 2.37. The Labute approximate surface area is 209 Å². The second kappa shape index (κ2) is 11.3. The number of allylic oxidation sites excluding steroid dienone is 1. The van der Waals surface area contributed by atoms with Crippen LogP contribution >= 0.6 is 11.8 Å². The van der Waals surface area contributed by atoms with Crippen LogP contribution in [0.4, 0.5) is 16.2 Å². The van der Waals surface area contributed by atoms with Gasteiger partial charge < -0.3 is 25.0 Å². The van der Waals surface area contributed by atoms with E-state index in [-0.39, 0.29) is 18.0 Å². The van der Waals surface area contributed by atoms with Gasteiger partial charge in [-0.3, -0.25) is 0 Å². The SMILES string of the molecule is CCOC(=O)C1=C(C)N=C2SCCCN2C1c1ccc(NC(=O)Nc2ccc(OCC)cc2)cc1. The molecule has 2 amide bonds. The van der Waals surface area contributed by atoms with Crippen molar-refractivity contribution in [3.05, 3.63) is 65.4 Å². The van der Waals surface area contributed by atoms with Crippen molar-refractivity contribution in [2.75, 3.05) is 36.1 Å². The molecule has 9 heteroatoms. The van der Waals surface area contributed by atoms with Crippen LogP contribution in [0.5, 0.6) is 5.75 Å². The average Bonchev–Trinajstić information content (AvgIpc) is 2.85. The number of anilines is 2. The molecule has 0 saturated carbocycles. The van der Waals surface area contributed by atoms with Gasteiger partial charge in [0.25, 0.3) is 0 Å². The van der Waals surface area contributed by atoms with Gasteiger partial charge in [0.1, 0.15) is 5.75 Å². The van der Waals surface area contributed by atoms with Gasteiger partial charge in [-0.25, -0.2) is 14.6 Å². The first-order chi connectivity index (χ1) is 17.0. The number of esters is 1. The molecule has 4 rings (SSSR count). The maximum Gasteiger partial charge on any atom is 0.338 e. The van der Waals surface area contributed by atoms with Crippen molar-refractivity contribution in [1.29, 1.82) is 0 Å². The first-order valence-corrected chi connectivity index (χ1v) is 12.8. The Hall–Kier alpha value is -3.46. The predicted molar refractivity (Wildman–Crippen MR) is 140 cm³/mol. The Morgan fingerprint density at radius 1 is 1.03 bits per heavy atom. The van der Waals surface area contributed by atoms with Crippen molar-refractivity contribution in [3.8, 4) is 5.75 Å². The molecule has 0 radical (unpaired) electrons. The number of urea groups is 1. The summed E-state index contributed by atoms with van der Waals surface area (Å²) < 4.78 is 10.8. The van der Waals surface area contributed by atoms with E-state index in [1.165, 1.54) is 0 Å². The number of amides is 2. The number of nitrogens with zero attached hydrogens (tertiary/aromatic N) is 2. The first kappa shape index (κ1) is 24.7. The first-order valence-electron chi connectivity index (χ1n) is 11.8. The molecule has 0 bridgehead atoms. The second-order valence-corrected chi connectivity index (χ2v) is 9.13. The Morgan fingerprint density at radius 3 is 2.31 bits per heavy atom. The maximum atomic E-state index is 12.9. The van der Waals surface area contributed by atoms with Crippen molar-refractivity contribution >= 4 is 40.3 Å². The lowest BCUT2D eigenvalue weighted by atomic mass is 9.94. The van der Waals surface area contributed by atoms with E-state index in [1.807, 2.05) is 50.2 Å². The van der Waals surface area contributed by atoms with Crippen molar-refractivity contribution in [2.24, 2.45) is 4.99 Å². The number of hydrogen-bond donors (Lipinski definition) is 2. The third-order valence-corrected chi connectivity index (χ3v) is 6.74. The molecule has 2 aliphatic heterocycles. The molecule has 8 nitrogen and oxygen atoms in total. The molecule has 2 N–H and O–H groups in total. The minimum Gasteiger partial charge on any atom is -0.494 e. The minimum atomic E-state index is -0.343. The Morgan fingerprint density at radius 2 is 1.69 bits per heavy atom. The van der Waals surface area contributed by atoms with Crippen LogP contribution in [0.25, 0.3) is 0 Å². The van der Waals surface area contributed by atoms with Gasteiger partial charge in [-0.2, -0.15) is 0 Å². The van der Waals surface area contributed by atoms with Gasteiger partial charge in [0.05, 0.1) is 30.5 Å². The van der Waals surface area contributed by atoms with Crippen molar-refractivity contribution < 1.29 is 19.1 Å². The maximum absolute atomic E-state index is 12.9. The van der Waals surface area contributed by atoms with E-state index in [4.69, 9.17) is 9.47 Å². The zero-order chi connectivity index (χ0) is 24.8. The summed E-state index contributed by atoms with van der Waals surface area (Å²) in [4.78, 5) is 32.2. The number of rotatable bonds is 7. The number of amidine groups is 1. The summed E-state index contributed by atoms with van der Waals surface area (Å²) in [5, 5.41) is 6.60. The summed E-state index contributed by atoms with van der Waals surface area (Å²) in [6.07, 6.45) is 1.01. The lowest BCUT2D eigenvalue weighted by Gasteiger charge is -2.40. The second-order valence-electron chi connectivity index (χ2n) is 8.07. The van der Waals surface area contributed by atoms with Crippen LogP contribution in [0, 0.1) is 0 Å². The predicted octanol–water partition coefficient (Wildman–Crippen LogP) is 5.42. The number of fused-ring (bicyclic) bond motifs is 1. The summed E-state index contributed by atoms with van der Waals surface area (Å²) in [7, 11) is 0. The molecule has 1 atom stereocenters. The summed E-state index contributed by atoms with van der Waals surface area (Å²) >= 11 is 1.71. The number of hydrogen-bond acceptors (Lipinski definition) is 7. The average molecular weight is 495 g/mol. The van der Waals surface area contributed by atoms with Crippen molar-refractivity contribution in [3.63, 3.8) is 0 Å². The Kier molecular flexibility index (Phi) is 7.97. The number of carbonyl (C=O) groups excluding carboxylic acids is 2. The van der Waals surface area contributed by atoms with Gasteiger partial charge in [0.15, 0.2) is 5.17 Å². The van der Waals surface area contributed by atoms with Crippen molar-refractivity contribution in [1.82, 2.24) is 4.90 Å². The lowest BCUT2D eigenvalue weighted by Crippen LogP contribution is -2.42. The van der Waals surface area contributed by atoms with Gasteiger partial charge >= 0.3 is 12.0 Å². The Bertz CT molecular complexity index is 1130.